The summed E-state index contributed by atoms with van der Waals surface area (Å²) in [5, 5.41) is 0. The van der Waals surface area contributed by atoms with Crippen molar-refractivity contribution in [1.82, 2.24) is 0 Å². The first-order chi connectivity index (χ1) is 5.38. The number of allylic oxidation sites excluding steroid dienone is 2. The van der Waals surface area contributed by atoms with Gasteiger partial charge in [-0.15, -0.1) is 0 Å². The van der Waals surface area contributed by atoms with Gasteiger partial charge in [0.05, 0.1) is 0 Å². The summed E-state index contributed by atoms with van der Waals surface area (Å²) in [6.45, 7) is 4.25. The molecule has 1 radical (unpaired) electrons. The SMILES string of the molecule is [CH2]C1CCCC2CC=CCC12. The molecule has 0 bridgehead atoms. The first-order valence-electron chi connectivity index (χ1n) is 4.86. The highest BCUT2D eigenvalue weighted by Gasteiger charge is 2.30. The summed E-state index contributed by atoms with van der Waals surface area (Å²) < 4.78 is 0. The van der Waals surface area contributed by atoms with Gasteiger partial charge >= 0.3 is 0 Å². The molecule has 1 fully saturated rings. The molecule has 3 atom stereocenters. The normalized spacial score (nSPS) is 43.5. The van der Waals surface area contributed by atoms with Crippen molar-refractivity contribution >= 4 is 0 Å². The van der Waals surface area contributed by atoms with E-state index in [1.54, 1.807) is 0 Å². The molecule has 0 aromatic carbocycles. The van der Waals surface area contributed by atoms with E-state index in [0.29, 0.717) is 0 Å². The van der Waals surface area contributed by atoms with Gasteiger partial charge in [0.1, 0.15) is 0 Å². The minimum atomic E-state index is 0.749. The maximum Gasteiger partial charge on any atom is -0.0317 e. The molecule has 0 saturated heterocycles. The second kappa shape index (κ2) is 3.00. The van der Waals surface area contributed by atoms with Crippen molar-refractivity contribution in [3.8, 4) is 0 Å². The molecule has 11 heavy (non-hydrogen) atoms. The lowest BCUT2D eigenvalue weighted by Crippen LogP contribution is -2.27. The third-order valence-corrected chi connectivity index (χ3v) is 3.37. The van der Waals surface area contributed by atoms with Gasteiger partial charge in [-0.25, -0.2) is 0 Å². The molecule has 2 aliphatic rings. The van der Waals surface area contributed by atoms with Crippen LogP contribution in [-0.4, -0.2) is 0 Å². The van der Waals surface area contributed by atoms with Crippen LogP contribution in [-0.2, 0) is 0 Å². The zero-order chi connectivity index (χ0) is 7.68. The van der Waals surface area contributed by atoms with Gasteiger partial charge in [-0.1, -0.05) is 25.0 Å². The molecule has 0 spiro atoms. The fraction of sp³-hybridized carbons (Fsp3) is 0.727. The molecule has 1 saturated carbocycles. The second-order valence-electron chi connectivity index (χ2n) is 4.06. The van der Waals surface area contributed by atoms with Crippen LogP contribution < -0.4 is 0 Å². The Balaban J connectivity index is 2.07. The summed E-state index contributed by atoms with van der Waals surface area (Å²) in [5.74, 6) is 2.66. The third kappa shape index (κ3) is 1.36. The van der Waals surface area contributed by atoms with Crippen LogP contribution in [0.3, 0.4) is 0 Å². The predicted octanol–water partition coefficient (Wildman–Crippen LogP) is 3.20. The highest BCUT2D eigenvalue weighted by molar-refractivity contribution is 4.98. The number of hydrogen-bond acceptors (Lipinski definition) is 0. The van der Waals surface area contributed by atoms with Gasteiger partial charge < -0.3 is 0 Å². The van der Waals surface area contributed by atoms with E-state index in [2.05, 4.69) is 19.1 Å². The average Bonchev–Trinajstić information content (AvgIpc) is 2.06. The van der Waals surface area contributed by atoms with Crippen LogP contribution >= 0.6 is 0 Å². The lowest BCUT2D eigenvalue weighted by Gasteiger charge is -2.37. The molecule has 0 amide bonds. The number of rotatable bonds is 0. The molecule has 3 unspecified atom stereocenters. The van der Waals surface area contributed by atoms with Crippen LogP contribution in [0.15, 0.2) is 12.2 Å². The van der Waals surface area contributed by atoms with E-state index in [1.807, 2.05) is 0 Å². The van der Waals surface area contributed by atoms with Crippen molar-refractivity contribution < 1.29 is 0 Å². The van der Waals surface area contributed by atoms with Gasteiger partial charge in [0.2, 0.25) is 0 Å². The number of fused-ring (bicyclic) bond motifs is 1. The average molecular weight is 149 g/mol. The first kappa shape index (κ1) is 7.39. The zero-order valence-corrected chi connectivity index (χ0v) is 7.13. The minimum absolute atomic E-state index is 0.749. The third-order valence-electron chi connectivity index (χ3n) is 3.37. The van der Waals surface area contributed by atoms with Gasteiger partial charge in [0.15, 0.2) is 0 Å². The van der Waals surface area contributed by atoms with Gasteiger partial charge in [-0.2, -0.15) is 0 Å². The summed E-state index contributed by atoms with van der Waals surface area (Å²) in [4.78, 5) is 0. The van der Waals surface area contributed by atoms with Gasteiger partial charge in [0, 0.05) is 0 Å². The minimum Gasteiger partial charge on any atom is -0.0882 e. The Morgan fingerprint density at radius 1 is 1.09 bits per heavy atom. The summed E-state index contributed by atoms with van der Waals surface area (Å²) in [7, 11) is 0. The van der Waals surface area contributed by atoms with Gasteiger partial charge in [0.25, 0.3) is 0 Å². The lowest BCUT2D eigenvalue weighted by molar-refractivity contribution is 0.178. The first-order valence-corrected chi connectivity index (χ1v) is 4.86. The standard InChI is InChI=1S/C11H17/c1-9-5-4-7-10-6-2-3-8-11(9)10/h2-3,9-11H,1,4-8H2. The van der Waals surface area contributed by atoms with E-state index >= 15 is 0 Å². The van der Waals surface area contributed by atoms with Crippen molar-refractivity contribution in [3.63, 3.8) is 0 Å². The van der Waals surface area contributed by atoms with E-state index in [0.717, 1.165) is 17.8 Å². The maximum absolute atomic E-state index is 4.25. The predicted molar refractivity (Wildman–Crippen MR) is 48.1 cm³/mol. The van der Waals surface area contributed by atoms with Crippen LogP contribution in [0.2, 0.25) is 0 Å². The van der Waals surface area contributed by atoms with Crippen LogP contribution in [0.4, 0.5) is 0 Å². The van der Waals surface area contributed by atoms with Crippen LogP contribution in [0.25, 0.3) is 0 Å². The molecule has 2 aliphatic carbocycles. The molecule has 0 N–H and O–H groups in total. The van der Waals surface area contributed by atoms with Crippen molar-refractivity contribution in [2.24, 2.45) is 17.8 Å². The van der Waals surface area contributed by atoms with Crippen molar-refractivity contribution in [2.75, 3.05) is 0 Å². The largest absolute Gasteiger partial charge is 0.0882 e. The van der Waals surface area contributed by atoms with Crippen LogP contribution in [0.1, 0.15) is 32.1 Å². The second-order valence-corrected chi connectivity index (χ2v) is 4.06. The Hall–Kier alpha value is -0.260. The van der Waals surface area contributed by atoms with E-state index in [9.17, 15) is 0 Å². The summed E-state index contributed by atoms with van der Waals surface area (Å²) in [6, 6.07) is 0. The molecule has 0 heteroatoms. The van der Waals surface area contributed by atoms with E-state index < -0.39 is 0 Å². The molecule has 0 nitrogen and oxygen atoms in total. The fourth-order valence-corrected chi connectivity index (χ4v) is 2.66. The Morgan fingerprint density at radius 3 is 2.73 bits per heavy atom. The highest BCUT2D eigenvalue weighted by Crippen LogP contribution is 2.40. The quantitative estimate of drug-likeness (QED) is 0.464. The van der Waals surface area contributed by atoms with E-state index in [4.69, 9.17) is 0 Å². The molecule has 0 aromatic rings. The molecule has 0 aromatic heterocycles. The molecule has 2 rings (SSSR count). The number of hydrogen-bond donors (Lipinski definition) is 0. The molecular weight excluding hydrogens is 132 g/mol. The Kier molecular flexibility index (Phi) is 2.02. The maximum atomic E-state index is 4.25. The van der Waals surface area contributed by atoms with Crippen molar-refractivity contribution in [2.45, 2.75) is 32.1 Å². The van der Waals surface area contributed by atoms with Gasteiger partial charge in [-0.05, 0) is 43.9 Å². The summed E-state index contributed by atoms with van der Waals surface area (Å²) in [6.07, 6.45) is 11.6. The monoisotopic (exact) mass is 149 g/mol. The Morgan fingerprint density at radius 2 is 1.91 bits per heavy atom. The Labute approximate surface area is 69.7 Å². The smallest absolute Gasteiger partial charge is 0.0317 e. The zero-order valence-electron chi connectivity index (χ0n) is 7.13. The Bertz CT molecular complexity index is 157. The van der Waals surface area contributed by atoms with E-state index in [1.165, 1.54) is 32.1 Å². The van der Waals surface area contributed by atoms with Crippen LogP contribution in [0.5, 0.6) is 0 Å². The molecule has 0 heterocycles. The van der Waals surface area contributed by atoms with Crippen molar-refractivity contribution in [3.05, 3.63) is 19.1 Å². The van der Waals surface area contributed by atoms with Gasteiger partial charge in [-0.3, -0.25) is 0 Å². The lowest BCUT2D eigenvalue weighted by atomic mass is 9.68. The molecular formula is C11H17. The highest BCUT2D eigenvalue weighted by atomic mass is 14.3. The van der Waals surface area contributed by atoms with Crippen LogP contribution in [0, 0.1) is 24.7 Å². The summed E-state index contributed by atoms with van der Waals surface area (Å²) >= 11 is 0. The summed E-state index contributed by atoms with van der Waals surface area (Å²) in [5.41, 5.74) is 0. The molecule has 0 aliphatic heterocycles. The van der Waals surface area contributed by atoms with E-state index in [-0.39, 0.29) is 0 Å². The fourth-order valence-electron chi connectivity index (χ4n) is 2.66. The van der Waals surface area contributed by atoms with Crippen molar-refractivity contribution in [1.29, 1.82) is 0 Å². The molecule has 61 valence electrons. The topological polar surface area (TPSA) is 0 Å².